The van der Waals surface area contributed by atoms with Gasteiger partial charge in [-0.1, -0.05) is 0 Å². The van der Waals surface area contributed by atoms with Gasteiger partial charge >= 0.3 is 5.97 Å². The molecule has 0 saturated heterocycles. The Balaban J connectivity index is 1.55. The Kier molecular flexibility index (Phi) is 6.90. The maximum atomic E-state index is 13.0. The molecule has 0 bridgehead atoms. The molecule has 3 aromatic rings. The first kappa shape index (κ1) is 24.3. The van der Waals surface area contributed by atoms with Gasteiger partial charge in [0.15, 0.2) is 12.4 Å². The summed E-state index contributed by atoms with van der Waals surface area (Å²) in [6.45, 7) is 1.72. The van der Waals surface area contributed by atoms with Crippen molar-refractivity contribution in [2.75, 3.05) is 24.7 Å². The number of nitrogens with zero attached hydrogens (tertiary/aromatic N) is 5. The summed E-state index contributed by atoms with van der Waals surface area (Å²) in [5.41, 5.74) is 1.40. The summed E-state index contributed by atoms with van der Waals surface area (Å²) in [7, 11) is 0. The zero-order chi connectivity index (χ0) is 25.8. The summed E-state index contributed by atoms with van der Waals surface area (Å²) >= 11 is 0. The molecule has 0 saturated carbocycles. The molecule has 2 aromatic carbocycles. The number of hydrogen-bond donors (Lipinski definition) is 0. The molecule has 13 nitrogen and oxygen atoms in total. The second kappa shape index (κ2) is 10.2. The molecule has 1 aliphatic rings. The van der Waals surface area contributed by atoms with Crippen LogP contribution in [0.1, 0.15) is 29.4 Å². The van der Waals surface area contributed by atoms with Crippen molar-refractivity contribution >= 4 is 28.9 Å². The monoisotopic (exact) mass is 495 g/mol. The molecule has 4 rings (SSSR count). The number of amides is 1. The van der Waals surface area contributed by atoms with Gasteiger partial charge in [0.25, 0.3) is 17.3 Å². The van der Waals surface area contributed by atoms with E-state index < -0.39 is 28.3 Å². The van der Waals surface area contributed by atoms with Gasteiger partial charge in [0.05, 0.1) is 28.3 Å². The average molecular weight is 495 g/mol. The van der Waals surface area contributed by atoms with Gasteiger partial charge < -0.3 is 14.4 Å². The van der Waals surface area contributed by atoms with E-state index in [0.29, 0.717) is 36.3 Å². The summed E-state index contributed by atoms with van der Waals surface area (Å²) < 4.78 is 12.0. The van der Waals surface area contributed by atoms with E-state index in [2.05, 4.69) is 5.10 Å². The van der Waals surface area contributed by atoms with Crippen molar-refractivity contribution < 1.29 is 28.9 Å². The van der Waals surface area contributed by atoms with E-state index in [0.717, 1.165) is 0 Å². The van der Waals surface area contributed by atoms with Crippen LogP contribution < -0.4 is 9.64 Å². The molecule has 0 unspecified atom stereocenters. The molecule has 13 heteroatoms. The normalized spacial score (nSPS) is 12.5. The average Bonchev–Trinajstić information content (AvgIpc) is 3.31. The summed E-state index contributed by atoms with van der Waals surface area (Å²) in [5.74, 6) is -1.15. The number of nitro benzene ring substituents is 2. The molecule has 1 amide bonds. The van der Waals surface area contributed by atoms with Crippen LogP contribution in [0.5, 0.6) is 5.75 Å². The third kappa shape index (κ3) is 4.99. The van der Waals surface area contributed by atoms with Crippen LogP contribution in [0.25, 0.3) is 5.69 Å². The topological polar surface area (TPSA) is 160 Å². The first-order valence-corrected chi connectivity index (χ1v) is 11.0. The fourth-order valence-corrected chi connectivity index (χ4v) is 3.84. The minimum Gasteiger partial charge on any atom is -0.479 e. The third-order valence-corrected chi connectivity index (χ3v) is 5.52. The second-order valence-corrected chi connectivity index (χ2v) is 7.79. The van der Waals surface area contributed by atoms with Gasteiger partial charge in [-0.25, -0.2) is 9.48 Å². The van der Waals surface area contributed by atoms with Crippen molar-refractivity contribution in [1.29, 1.82) is 0 Å². The number of benzene rings is 2. The third-order valence-electron chi connectivity index (χ3n) is 5.52. The number of nitro groups is 2. The molecule has 0 aliphatic carbocycles. The number of esters is 1. The number of hydrogen-bond acceptors (Lipinski definition) is 9. The quantitative estimate of drug-likeness (QED) is 0.260. The standard InChI is InChI=1S/C23H21N5O8/c1-2-35-23(30)22-20(13-26(24-22)16-5-7-17(8-6-16)27(31)32)36-14-21(29)25-11-3-4-15-12-18(28(33)34)9-10-19(15)25/h5-10,12-13H,2-4,11,14H2,1H3. The summed E-state index contributed by atoms with van der Waals surface area (Å²) in [6.07, 6.45) is 2.62. The number of non-ortho nitro benzene ring substituents is 2. The first-order chi connectivity index (χ1) is 17.3. The Morgan fingerprint density at radius 3 is 2.42 bits per heavy atom. The number of fused-ring (bicyclic) bond motifs is 1. The van der Waals surface area contributed by atoms with Crippen molar-refractivity contribution in [3.05, 3.63) is 80.1 Å². The highest BCUT2D eigenvalue weighted by atomic mass is 16.6. The number of anilines is 1. The van der Waals surface area contributed by atoms with Gasteiger partial charge in [-0.15, -0.1) is 0 Å². The highest BCUT2D eigenvalue weighted by Gasteiger charge is 2.26. The minimum atomic E-state index is -0.753. The van der Waals surface area contributed by atoms with E-state index in [-0.39, 0.29) is 29.4 Å². The Morgan fingerprint density at radius 1 is 1.06 bits per heavy atom. The molecule has 0 spiro atoms. The summed E-state index contributed by atoms with van der Waals surface area (Å²) in [6, 6.07) is 9.85. The number of carbonyl (C=O) groups is 2. The Morgan fingerprint density at radius 2 is 1.75 bits per heavy atom. The van der Waals surface area contributed by atoms with Gasteiger partial charge in [0, 0.05) is 36.5 Å². The van der Waals surface area contributed by atoms with Crippen molar-refractivity contribution in [2.45, 2.75) is 19.8 Å². The number of aryl methyl sites for hydroxylation is 1. The van der Waals surface area contributed by atoms with Crippen molar-refractivity contribution in [2.24, 2.45) is 0 Å². The van der Waals surface area contributed by atoms with Gasteiger partial charge in [0.1, 0.15) is 0 Å². The van der Waals surface area contributed by atoms with Crippen molar-refractivity contribution in [3.8, 4) is 11.4 Å². The lowest BCUT2D eigenvalue weighted by Gasteiger charge is -2.29. The molecule has 2 heterocycles. The lowest BCUT2D eigenvalue weighted by atomic mass is 10.0. The number of carbonyl (C=O) groups excluding carboxylic acids is 2. The molecule has 0 N–H and O–H groups in total. The van der Waals surface area contributed by atoms with E-state index in [1.54, 1.807) is 13.0 Å². The Bertz CT molecular complexity index is 1330. The molecule has 0 radical (unpaired) electrons. The maximum absolute atomic E-state index is 13.0. The number of aromatic nitrogens is 2. The molecule has 1 aliphatic heterocycles. The summed E-state index contributed by atoms with van der Waals surface area (Å²) in [4.78, 5) is 47.9. The van der Waals surface area contributed by atoms with Crippen LogP contribution in [0.15, 0.2) is 48.7 Å². The fraction of sp³-hybridized carbons (Fsp3) is 0.261. The number of ether oxygens (including phenoxy) is 2. The van der Waals surface area contributed by atoms with Crippen LogP contribution in [0, 0.1) is 20.2 Å². The molecular weight excluding hydrogens is 474 g/mol. The van der Waals surface area contributed by atoms with E-state index in [1.807, 2.05) is 0 Å². The highest BCUT2D eigenvalue weighted by molar-refractivity contribution is 5.96. The van der Waals surface area contributed by atoms with Gasteiger partial charge in [0.2, 0.25) is 5.69 Å². The lowest BCUT2D eigenvalue weighted by molar-refractivity contribution is -0.385. The largest absolute Gasteiger partial charge is 0.479 e. The zero-order valence-electron chi connectivity index (χ0n) is 19.2. The van der Waals surface area contributed by atoms with Crippen LogP contribution in [-0.2, 0) is 16.0 Å². The molecular formula is C23H21N5O8. The smallest absolute Gasteiger partial charge is 0.362 e. The molecule has 186 valence electrons. The SMILES string of the molecule is CCOC(=O)c1nn(-c2ccc([N+](=O)[O-])cc2)cc1OCC(=O)N1CCCc2cc([N+](=O)[O-])ccc21. The van der Waals surface area contributed by atoms with Crippen LogP contribution in [-0.4, -0.2) is 51.3 Å². The van der Waals surface area contributed by atoms with Crippen LogP contribution >= 0.6 is 0 Å². The summed E-state index contributed by atoms with van der Waals surface area (Å²) in [5, 5.41) is 26.2. The zero-order valence-corrected chi connectivity index (χ0v) is 19.2. The highest BCUT2D eigenvalue weighted by Crippen LogP contribution is 2.31. The van der Waals surface area contributed by atoms with Gasteiger partial charge in [-0.3, -0.25) is 25.0 Å². The molecule has 0 fully saturated rings. The van der Waals surface area contributed by atoms with Crippen LogP contribution in [0.2, 0.25) is 0 Å². The van der Waals surface area contributed by atoms with Crippen molar-refractivity contribution in [1.82, 2.24) is 9.78 Å². The predicted octanol–water partition coefficient (Wildman–Crippen LogP) is 3.22. The maximum Gasteiger partial charge on any atom is 0.362 e. The predicted molar refractivity (Wildman–Crippen MR) is 125 cm³/mol. The fourth-order valence-electron chi connectivity index (χ4n) is 3.84. The lowest BCUT2D eigenvalue weighted by Crippen LogP contribution is -2.38. The molecule has 0 atom stereocenters. The molecule has 1 aromatic heterocycles. The van der Waals surface area contributed by atoms with E-state index in [9.17, 15) is 29.8 Å². The van der Waals surface area contributed by atoms with Gasteiger partial charge in [-0.05, 0) is 43.5 Å². The van der Waals surface area contributed by atoms with Crippen LogP contribution in [0.4, 0.5) is 17.1 Å². The minimum absolute atomic E-state index is 0.00100. The van der Waals surface area contributed by atoms with E-state index in [4.69, 9.17) is 9.47 Å². The number of rotatable bonds is 8. The van der Waals surface area contributed by atoms with Gasteiger partial charge in [-0.2, -0.15) is 5.10 Å². The Hall–Kier alpha value is -4.81. The first-order valence-electron chi connectivity index (χ1n) is 11.0. The second-order valence-electron chi connectivity index (χ2n) is 7.79. The van der Waals surface area contributed by atoms with E-state index >= 15 is 0 Å². The van der Waals surface area contributed by atoms with E-state index in [1.165, 1.54) is 52.2 Å². The van der Waals surface area contributed by atoms with Crippen molar-refractivity contribution in [3.63, 3.8) is 0 Å². The van der Waals surface area contributed by atoms with Crippen LogP contribution in [0.3, 0.4) is 0 Å². The molecule has 36 heavy (non-hydrogen) atoms. The Labute approximate surface area is 204 Å².